The molecular formula is C31H38F6O5. The van der Waals surface area contributed by atoms with Gasteiger partial charge in [0.2, 0.25) is 0 Å². The lowest BCUT2D eigenvalue weighted by Crippen LogP contribution is -2.55. The number of carbonyl (C=O) groups excluding carboxylic acids is 2. The first-order valence-corrected chi connectivity index (χ1v) is 14.5. The Balaban J connectivity index is 1.52. The molecule has 0 aromatic carbocycles. The molecule has 0 aromatic heterocycles. The van der Waals surface area contributed by atoms with E-state index in [-0.39, 0.29) is 35.9 Å². The largest absolute Gasteiger partial charge is 0.462 e. The number of allylic oxidation sites excluding steroid dienone is 3. The van der Waals surface area contributed by atoms with Crippen LogP contribution in [0.5, 0.6) is 0 Å². The van der Waals surface area contributed by atoms with E-state index in [2.05, 4.69) is 18.9 Å². The zero-order chi connectivity index (χ0) is 31.1. The number of hydrogen-bond acceptors (Lipinski definition) is 5. The fourth-order valence-corrected chi connectivity index (χ4v) is 7.84. The maximum Gasteiger partial charge on any atom is 0.438 e. The molecule has 5 atom stereocenters. The smallest absolute Gasteiger partial charge is 0.438 e. The zero-order valence-corrected chi connectivity index (χ0v) is 24.1. The molecule has 11 heteroatoms. The van der Waals surface area contributed by atoms with Gasteiger partial charge in [-0.2, -0.15) is 26.3 Å². The minimum absolute atomic E-state index is 0.0990. The van der Waals surface area contributed by atoms with E-state index in [0.717, 1.165) is 43.6 Å². The predicted octanol–water partition coefficient (Wildman–Crippen LogP) is 7.13. The molecule has 4 rings (SSSR count). The van der Waals surface area contributed by atoms with Gasteiger partial charge in [-0.05, 0) is 73.5 Å². The Morgan fingerprint density at radius 1 is 0.952 bits per heavy atom. The Morgan fingerprint density at radius 2 is 1.52 bits per heavy atom. The number of alkyl halides is 6. The molecule has 0 bridgehead atoms. The van der Waals surface area contributed by atoms with Crippen LogP contribution in [-0.4, -0.2) is 47.2 Å². The van der Waals surface area contributed by atoms with Gasteiger partial charge in [-0.15, -0.1) is 0 Å². The normalized spacial score (nSPS) is 32.0. The van der Waals surface area contributed by atoms with Gasteiger partial charge >= 0.3 is 29.9 Å². The van der Waals surface area contributed by atoms with E-state index in [0.29, 0.717) is 32.1 Å². The van der Waals surface area contributed by atoms with Crippen LogP contribution in [0.1, 0.15) is 91.4 Å². The molecule has 0 heterocycles. The number of ether oxygens (including phenoxy) is 2. The molecule has 0 radical (unpaired) electrons. The highest BCUT2D eigenvalue weighted by Crippen LogP contribution is 2.69. The summed E-state index contributed by atoms with van der Waals surface area (Å²) in [4.78, 5) is 23.1. The Labute approximate surface area is 242 Å². The molecule has 4 aliphatic carbocycles. The number of esters is 2. The molecule has 4 fully saturated rings. The highest BCUT2D eigenvalue weighted by atomic mass is 19.4. The standard InChI is InChI=1S/C31H38F6O5/c1-19(38)41-23-16-21(17-24(18-23)42-20(2)39)7-8-22-6-4-11-27(3)25(22)9-10-26(27)28(14-15-28)12-5-13-29(40,30(32,33)34)31(35,36)37/h7-8,23-26,40H,4,6,9-12,14-18H2,1-3H3/b22-8+/t23-,24-,25+,26+,27+/m1/s1. The summed E-state index contributed by atoms with van der Waals surface area (Å²) >= 11 is 0. The van der Waals surface area contributed by atoms with Gasteiger partial charge in [-0.3, -0.25) is 9.59 Å². The average molecular weight is 605 g/mol. The molecule has 0 aliphatic heterocycles. The van der Waals surface area contributed by atoms with Crippen molar-refractivity contribution < 1.29 is 50.5 Å². The van der Waals surface area contributed by atoms with Crippen LogP contribution < -0.4 is 0 Å². The van der Waals surface area contributed by atoms with Crippen molar-refractivity contribution in [3.05, 3.63) is 23.3 Å². The second kappa shape index (κ2) is 11.5. The molecule has 4 saturated carbocycles. The lowest BCUT2D eigenvalue weighted by Gasteiger charge is -2.45. The summed E-state index contributed by atoms with van der Waals surface area (Å²) in [5.41, 5.74) is -3.41. The van der Waals surface area contributed by atoms with E-state index in [9.17, 15) is 41.0 Å². The molecule has 42 heavy (non-hydrogen) atoms. The Bertz CT molecular complexity index is 1140. The molecule has 4 aliphatic rings. The maximum absolute atomic E-state index is 13.1. The van der Waals surface area contributed by atoms with Gasteiger partial charge in [0.25, 0.3) is 0 Å². The van der Waals surface area contributed by atoms with Gasteiger partial charge in [-0.1, -0.05) is 36.1 Å². The van der Waals surface area contributed by atoms with Gasteiger partial charge in [0.1, 0.15) is 12.2 Å². The number of rotatable bonds is 5. The van der Waals surface area contributed by atoms with Crippen LogP contribution in [0.2, 0.25) is 0 Å². The van der Waals surface area contributed by atoms with Crippen molar-refractivity contribution in [1.82, 2.24) is 0 Å². The highest BCUT2D eigenvalue weighted by Gasteiger charge is 2.70. The van der Waals surface area contributed by atoms with Crippen LogP contribution in [0.15, 0.2) is 23.3 Å². The van der Waals surface area contributed by atoms with E-state index in [4.69, 9.17) is 9.47 Å². The first-order chi connectivity index (χ1) is 19.4. The van der Waals surface area contributed by atoms with Crippen LogP contribution in [0.25, 0.3) is 0 Å². The third-order valence-electron chi connectivity index (χ3n) is 9.83. The summed E-state index contributed by atoms with van der Waals surface area (Å²) in [6.07, 6.45) is -1.42. The summed E-state index contributed by atoms with van der Waals surface area (Å²) < 4.78 is 89.4. The Morgan fingerprint density at radius 3 is 2.02 bits per heavy atom. The van der Waals surface area contributed by atoms with Crippen molar-refractivity contribution in [2.75, 3.05) is 0 Å². The van der Waals surface area contributed by atoms with Gasteiger partial charge in [0, 0.05) is 39.5 Å². The molecule has 0 saturated heterocycles. The lowest BCUT2D eigenvalue weighted by molar-refractivity contribution is -0.343. The molecule has 1 N–H and O–H groups in total. The van der Waals surface area contributed by atoms with Gasteiger partial charge in [-0.25, -0.2) is 0 Å². The van der Waals surface area contributed by atoms with E-state index < -0.39 is 35.3 Å². The van der Waals surface area contributed by atoms with Crippen LogP contribution in [-0.2, 0) is 19.1 Å². The van der Waals surface area contributed by atoms with Crippen molar-refractivity contribution in [2.24, 2.45) is 22.7 Å². The maximum atomic E-state index is 13.1. The Hall–Kier alpha value is -2.48. The quantitative estimate of drug-likeness (QED) is 0.205. The fraction of sp³-hybridized carbons (Fsp3) is 0.742. The summed E-state index contributed by atoms with van der Waals surface area (Å²) in [7, 11) is 0. The number of hydrogen-bond donors (Lipinski definition) is 1. The van der Waals surface area contributed by atoms with E-state index in [1.54, 1.807) is 0 Å². The number of fused-ring (bicyclic) bond motifs is 1. The minimum Gasteiger partial charge on any atom is -0.462 e. The van der Waals surface area contributed by atoms with Crippen molar-refractivity contribution in [3.8, 4) is 11.8 Å². The molecular weight excluding hydrogens is 566 g/mol. The van der Waals surface area contributed by atoms with E-state index in [1.807, 2.05) is 6.08 Å². The van der Waals surface area contributed by atoms with Gasteiger partial charge in [0.15, 0.2) is 0 Å². The second-order valence-corrected chi connectivity index (χ2v) is 12.8. The van der Waals surface area contributed by atoms with Crippen molar-refractivity contribution in [2.45, 2.75) is 122 Å². The van der Waals surface area contributed by atoms with E-state index in [1.165, 1.54) is 19.4 Å². The summed E-state index contributed by atoms with van der Waals surface area (Å²) in [5, 5.41) is 9.44. The summed E-state index contributed by atoms with van der Waals surface area (Å²) in [6, 6.07) is 0. The van der Waals surface area contributed by atoms with Crippen molar-refractivity contribution >= 4 is 11.9 Å². The van der Waals surface area contributed by atoms with Crippen LogP contribution >= 0.6 is 0 Å². The average Bonchev–Trinajstić information content (AvgIpc) is 3.52. The summed E-state index contributed by atoms with van der Waals surface area (Å²) in [5.74, 6) is 2.78. The molecule has 0 aromatic rings. The number of carbonyl (C=O) groups is 2. The monoisotopic (exact) mass is 604 g/mol. The molecule has 0 unspecified atom stereocenters. The van der Waals surface area contributed by atoms with Gasteiger partial charge < -0.3 is 14.6 Å². The molecule has 5 nitrogen and oxygen atoms in total. The number of halogens is 6. The third kappa shape index (κ3) is 6.53. The third-order valence-corrected chi connectivity index (χ3v) is 9.83. The predicted molar refractivity (Wildman–Crippen MR) is 140 cm³/mol. The van der Waals surface area contributed by atoms with Crippen LogP contribution in [0.3, 0.4) is 0 Å². The lowest BCUT2D eigenvalue weighted by atomic mass is 9.59. The topological polar surface area (TPSA) is 72.8 Å². The van der Waals surface area contributed by atoms with Gasteiger partial charge in [0.05, 0.1) is 0 Å². The van der Waals surface area contributed by atoms with E-state index >= 15 is 0 Å². The van der Waals surface area contributed by atoms with Crippen molar-refractivity contribution in [3.63, 3.8) is 0 Å². The zero-order valence-electron chi connectivity index (χ0n) is 24.1. The van der Waals surface area contributed by atoms with Crippen LogP contribution in [0, 0.1) is 34.5 Å². The highest BCUT2D eigenvalue weighted by molar-refractivity contribution is 5.67. The molecule has 0 spiro atoms. The number of aliphatic hydroxyl groups is 1. The summed E-state index contributed by atoms with van der Waals surface area (Å²) in [6.45, 7) is 4.86. The Kier molecular flexibility index (Phi) is 8.92. The first kappa shape index (κ1) is 32.4. The van der Waals surface area contributed by atoms with Crippen molar-refractivity contribution in [1.29, 1.82) is 0 Å². The minimum atomic E-state index is -5.95. The fourth-order valence-electron chi connectivity index (χ4n) is 7.84. The first-order valence-electron chi connectivity index (χ1n) is 14.5. The van der Waals surface area contributed by atoms with Crippen LogP contribution in [0.4, 0.5) is 26.3 Å². The molecule has 234 valence electrons. The molecule has 0 amide bonds. The SMILES string of the molecule is CC(=O)O[C@@H]1CC(=C/C=C2\CCC[C@]3(C)[C@@H](C4(CC#CC(O)(C(F)(F)F)C(F)(F)F)CC4)CC[C@@H]23)C[C@@H](OC(C)=O)C1. The second-order valence-electron chi connectivity index (χ2n) is 12.8.